The Morgan fingerprint density at radius 2 is 0.882 bits per heavy atom. The second-order valence-corrected chi connectivity index (χ2v) is 5.32. The van der Waals surface area contributed by atoms with Crippen LogP contribution in [-0.4, -0.2) is 24.3 Å². The van der Waals surface area contributed by atoms with Gasteiger partial charge < -0.3 is 0 Å². The van der Waals surface area contributed by atoms with Crippen molar-refractivity contribution in [2.75, 3.05) is 19.6 Å². The fourth-order valence-electron chi connectivity index (χ4n) is 2.27. The van der Waals surface area contributed by atoms with Gasteiger partial charge in [0, 0.05) is 0 Å². The predicted molar refractivity (Wildman–Crippen MR) is 74.5 cm³/mol. The van der Waals surface area contributed by atoms with Crippen molar-refractivity contribution in [2.24, 2.45) is 0 Å². The van der Waals surface area contributed by atoms with Crippen molar-refractivity contribution < 1.29 is 9.19 Å². The maximum atomic E-state index is 14.7. The molecule has 104 valence electrons. The zero-order chi connectivity index (χ0) is 13.0. The number of unbranched alkanes of at least 4 members (excludes halogenated alkanes) is 6. The molecular weight excluding hydrogens is 213 g/mol. The summed E-state index contributed by atoms with van der Waals surface area (Å²) in [5.74, 6) is 0. The molecule has 0 fully saturated rings. The molecule has 1 nitrogen and oxygen atoms in total. The van der Waals surface area contributed by atoms with E-state index in [1.54, 1.807) is 0 Å². The Kier molecular flexibility index (Phi) is 10.9. The minimum absolute atomic E-state index is 0.167. The number of hydrogen-bond donors (Lipinski definition) is 0. The Morgan fingerprint density at radius 1 is 0.588 bits per heavy atom. The molecule has 0 heterocycles. The predicted octanol–water partition coefficient (Wildman–Crippen LogP) is 5.26. The van der Waals surface area contributed by atoms with Crippen LogP contribution >= 0.6 is 0 Å². The monoisotopic (exact) mass is 246 g/mol. The molecule has 17 heavy (non-hydrogen) atoms. The van der Waals surface area contributed by atoms with Crippen LogP contribution in [0.25, 0.3) is 0 Å². The van der Waals surface area contributed by atoms with Crippen molar-refractivity contribution in [3.8, 4) is 0 Å². The van der Waals surface area contributed by atoms with Gasteiger partial charge in [-0.2, -0.15) is 0 Å². The molecule has 0 aliphatic rings. The molecule has 0 radical (unpaired) electrons. The van der Waals surface area contributed by atoms with Crippen LogP contribution in [0.4, 0.5) is 4.48 Å². The third kappa shape index (κ3) is 9.58. The summed E-state index contributed by atoms with van der Waals surface area (Å²) >= 11 is 0. The van der Waals surface area contributed by atoms with E-state index in [4.69, 9.17) is 0 Å². The molecule has 0 bridgehead atoms. The van der Waals surface area contributed by atoms with E-state index in [0.29, 0.717) is 0 Å². The van der Waals surface area contributed by atoms with E-state index < -0.39 is 0 Å². The van der Waals surface area contributed by atoms with Crippen molar-refractivity contribution in [1.29, 1.82) is 0 Å². The molecule has 0 spiro atoms. The van der Waals surface area contributed by atoms with Gasteiger partial charge in [0.15, 0.2) is 0 Å². The minimum atomic E-state index is -0.167. The Balaban J connectivity index is 3.95. The van der Waals surface area contributed by atoms with Crippen LogP contribution < -0.4 is 0 Å². The lowest BCUT2D eigenvalue weighted by Crippen LogP contribution is -2.42. The highest BCUT2D eigenvalue weighted by Gasteiger charge is 2.26. The molecule has 0 unspecified atom stereocenters. The molecule has 0 rings (SSSR count). The fourth-order valence-corrected chi connectivity index (χ4v) is 2.27. The first-order valence-electron chi connectivity index (χ1n) is 7.74. The maximum Gasteiger partial charge on any atom is 0.115 e. The first kappa shape index (κ1) is 16.9. The molecule has 0 aromatic carbocycles. The standard InChI is InChI=1S/C15H33FN/c1-4-7-10-13-17(16,14-11-8-5-2)15-12-9-6-3/h4-15H2,1-3H3/q+1. The lowest BCUT2D eigenvalue weighted by molar-refractivity contribution is -1.06. The van der Waals surface area contributed by atoms with Gasteiger partial charge in [-0.3, -0.25) is 0 Å². The van der Waals surface area contributed by atoms with Gasteiger partial charge in [0.05, 0.1) is 0 Å². The first-order chi connectivity index (χ1) is 8.18. The Morgan fingerprint density at radius 3 is 1.12 bits per heavy atom. The third-order valence-corrected chi connectivity index (χ3v) is 3.49. The quantitative estimate of drug-likeness (QED) is 0.325. The molecule has 0 aliphatic heterocycles. The average Bonchev–Trinajstić information content (AvgIpc) is 2.30. The summed E-state index contributed by atoms with van der Waals surface area (Å²) in [6.07, 6.45) is 10.2. The van der Waals surface area contributed by atoms with E-state index in [1.807, 2.05) is 0 Å². The fraction of sp³-hybridized carbons (Fsp3) is 1.00. The molecule has 0 aromatic heterocycles. The van der Waals surface area contributed by atoms with E-state index in [2.05, 4.69) is 20.8 Å². The highest BCUT2D eigenvalue weighted by atomic mass is 19.2. The second kappa shape index (κ2) is 11.0. The summed E-state index contributed by atoms with van der Waals surface area (Å²) in [6.45, 7) is 8.76. The summed E-state index contributed by atoms with van der Waals surface area (Å²) in [7, 11) is 0. The number of hydrogen-bond acceptors (Lipinski definition) is 0. The summed E-state index contributed by atoms with van der Waals surface area (Å²) in [5.41, 5.74) is 0. The summed E-state index contributed by atoms with van der Waals surface area (Å²) in [4.78, 5) is 0. The summed E-state index contributed by atoms with van der Waals surface area (Å²) in [5, 5.41) is 0. The van der Waals surface area contributed by atoms with Crippen LogP contribution in [-0.2, 0) is 0 Å². The lowest BCUT2D eigenvalue weighted by Gasteiger charge is -2.26. The van der Waals surface area contributed by atoms with Gasteiger partial charge in [0.25, 0.3) is 0 Å². The van der Waals surface area contributed by atoms with Gasteiger partial charge in [-0.25, -0.2) is 0 Å². The van der Waals surface area contributed by atoms with Crippen LogP contribution in [0.1, 0.15) is 78.6 Å². The first-order valence-corrected chi connectivity index (χ1v) is 7.74. The smallest absolute Gasteiger partial charge is 0.115 e. The molecular formula is C15H33FN+. The zero-order valence-electron chi connectivity index (χ0n) is 12.3. The largest absolute Gasteiger partial charge is 0.130 e. The topological polar surface area (TPSA) is 0 Å². The molecule has 0 saturated carbocycles. The van der Waals surface area contributed by atoms with E-state index >= 15 is 0 Å². The number of rotatable bonds is 12. The SMILES string of the molecule is CCCCC[N+](F)(CCCCC)CCCCC. The van der Waals surface area contributed by atoms with Gasteiger partial charge in [0.2, 0.25) is 0 Å². The Labute approximate surface area is 108 Å². The van der Waals surface area contributed by atoms with Crippen LogP contribution in [0.2, 0.25) is 0 Å². The summed E-state index contributed by atoms with van der Waals surface area (Å²) < 4.78 is 14.5. The van der Waals surface area contributed by atoms with Gasteiger partial charge >= 0.3 is 0 Å². The van der Waals surface area contributed by atoms with Crippen molar-refractivity contribution in [3.05, 3.63) is 0 Å². The molecule has 0 atom stereocenters. The number of quaternary nitrogens is 1. The molecule has 0 aliphatic carbocycles. The van der Waals surface area contributed by atoms with E-state index in [1.165, 1.54) is 38.5 Å². The molecule has 0 N–H and O–H groups in total. The lowest BCUT2D eigenvalue weighted by atomic mass is 10.2. The number of nitrogens with zero attached hydrogens (tertiary/aromatic N) is 1. The van der Waals surface area contributed by atoms with Gasteiger partial charge in [-0.15, -0.1) is 4.71 Å². The summed E-state index contributed by atoms with van der Waals surface area (Å²) in [6, 6.07) is 0. The molecule has 0 saturated heterocycles. The van der Waals surface area contributed by atoms with Gasteiger partial charge in [0.1, 0.15) is 19.6 Å². The van der Waals surface area contributed by atoms with Crippen molar-refractivity contribution >= 4 is 0 Å². The van der Waals surface area contributed by atoms with Crippen LogP contribution in [0, 0.1) is 0 Å². The van der Waals surface area contributed by atoms with Gasteiger partial charge in [-0.05, 0) is 43.0 Å². The van der Waals surface area contributed by atoms with Crippen molar-refractivity contribution in [2.45, 2.75) is 78.6 Å². The number of halogens is 1. The highest BCUT2D eigenvalue weighted by Crippen LogP contribution is 2.16. The Bertz CT molecular complexity index is 132. The average molecular weight is 246 g/mol. The zero-order valence-corrected chi connectivity index (χ0v) is 12.3. The second-order valence-electron chi connectivity index (χ2n) is 5.32. The third-order valence-electron chi connectivity index (χ3n) is 3.49. The van der Waals surface area contributed by atoms with Gasteiger partial charge in [-0.1, -0.05) is 40.0 Å². The molecule has 2 heteroatoms. The van der Waals surface area contributed by atoms with Crippen LogP contribution in [0.5, 0.6) is 0 Å². The van der Waals surface area contributed by atoms with Crippen LogP contribution in [0.15, 0.2) is 0 Å². The molecule has 0 amide bonds. The maximum absolute atomic E-state index is 14.7. The Hall–Kier alpha value is -0.110. The van der Waals surface area contributed by atoms with Crippen molar-refractivity contribution in [1.82, 2.24) is 0 Å². The van der Waals surface area contributed by atoms with Crippen molar-refractivity contribution in [3.63, 3.8) is 0 Å². The van der Waals surface area contributed by atoms with E-state index in [0.717, 1.165) is 38.9 Å². The highest BCUT2D eigenvalue weighted by molar-refractivity contribution is 4.44. The van der Waals surface area contributed by atoms with E-state index in [9.17, 15) is 4.48 Å². The molecule has 0 aromatic rings. The normalized spacial score (nSPS) is 12.0. The van der Waals surface area contributed by atoms with E-state index in [-0.39, 0.29) is 4.71 Å². The van der Waals surface area contributed by atoms with Crippen LogP contribution in [0.3, 0.4) is 0 Å². The minimum Gasteiger partial charge on any atom is -0.130 e.